The Morgan fingerprint density at radius 1 is 1.25 bits per heavy atom. The van der Waals surface area contributed by atoms with Crippen molar-refractivity contribution < 1.29 is 9.53 Å². The van der Waals surface area contributed by atoms with Crippen molar-refractivity contribution in [3.8, 4) is 0 Å². The minimum absolute atomic E-state index is 0.0904. The van der Waals surface area contributed by atoms with Crippen molar-refractivity contribution in [2.45, 2.75) is 26.3 Å². The molecule has 0 radical (unpaired) electrons. The summed E-state index contributed by atoms with van der Waals surface area (Å²) in [7, 11) is 0. The summed E-state index contributed by atoms with van der Waals surface area (Å²) in [5.41, 5.74) is 3.42. The van der Waals surface area contributed by atoms with Crippen molar-refractivity contribution in [1.82, 2.24) is 9.88 Å². The average molecular weight is 324 g/mol. The van der Waals surface area contributed by atoms with E-state index in [0.29, 0.717) is 13.2 Å². The standard InChI is InChI=1S/C20H24N2O2/c1-3-24-20(23)18-14-22(12-16-7-5-4-6-8-16)13-17(18)19-11-15(2)9-10-21-19/h4-11,17-18H,3,12-14H2,1-2H3/t17-,18-/m0/s1. The molecule has 0 N–H and O–H groups in total. The highest BCUT2D eigenvalue weighted by Crippen LogP contribution is 2.33. The van der Waals surface area contributed by atoms with Gasteiger partial charge >= 0.3 is 5.97 Å². The van der Waals surface area contributed by atoms with E-state index >= 15 is 0 Å². The van der Waals surface area contributed by atoms with Crippen molar-refractivity contribution in [2.75, 3.05) is 19.7 Å². The minimum Gasteiger partial charge on any atom is -0.466 e. The van der Waals surface area contributed by atoms with Gasteiger partial charge in [0.05, 0.1) is 12.5 Å². The summed E-state index contributed by atoms with van der Waals surface area (Å²) in [6.07, 6.45) is 1.83. The normalized spacial score (nSPS) is 20.9. The first-order chi connectivity index (χ1) is 11.7. The summed E-state index contributed by atoms with van der Waals surface area (Å²) < 4.78 is 5.31. The van der Waals surface area contributed by atoms with Crippen molar-refractivity contribution in [3.63, 3.8) is 0 Å². The SMILES string of the molecule is CCOC(=O)[C@H]1CN(Cc2ccccc2)C[C@@H]1c1cc(C)ccn1. The van der Waals surface area contributed by atoms with Crippen LogP contribution in [0.25, 0.3) is 0 Å². The predicted octanol–water partition coefficient (Wildman–Crippen LogP) is 3.17. The maximum absolute atomic E-state index is 12.4. The van der Waals surface area contributed by atoms with Gasteiger partial charge in [-0.05, 0) is 37.1 Å². The zero-order valence-electron chi connectivity index (χ0n) is 14.3. The maximum atomic E-state index is 12.4. The van der Waals surface area contributed by atoms with E-state index in [-0.39, 0.29) is 17.8 Å². The van der Waals surface area contributed by atoms with E-state index < -0.39 is 0 Å². The Bertz CT molecular complexity index is 687. The largest absolute Gasteiger partial charge is 0.466 e. The first-order valence-corrected chi connectivity index (χ1v) is 8.53. The summed E-state index contributed by atoms with van der Waals surface area (Å²) in [5.74, 6) is -0.169. The van der Waals surface area contributed by atoms with Crippen LogP contribution in [0.1, 0.15) is 29.7 Å². The molecule has 1 aliphatic rings. The molecule has 0 spiro atoms. The quantitative estimate of drug-likeness (QED) is 0.792. The third-order valence-electron chi connectivity index (χ3n) is 4.55. The van der Waals surface area contributed by atoms with E-state index in [2.05, 4.69) is 35.0 Å². The lowest BCUT2D eigenvalue weighted by atomic mass is 9.92. The van der Waals surface area contributed by atoms with Crippen LogP contribution in [0.3, 0.4) is 0 Å². The summed E-state index contributed by atoms with van der Waals surface area (Å²) >= 11 is 0. The first-order valence-electron chi connectivity index (χ1n) is 8.53. The molecule has 2 atom stereocenters. The van der Waals surface area contributed by atoms with Crippen molar-refractivity contribution in [1.29, 1.82) is 0 Å². The van der Waals surface area contributed by atoms with Gasteiger partial charge in [0.15, 0.2) is 0 Å². The number of hydrogen-bond donors (Lipinski definition) is 0. The number of nitrogens with zero attached hydrogens (tertiary/aromatic N) is 2. The Hall–Kier alpha value is -2.20. The van der Waals surface area contributed by atoms with Crippen LogP contribution in [-0.4, -0.2) is 35.5 Å². The summed E-state index contributed by atoms with van der Waals surface area (Å²) in [4.78, 5) is 19.3. The second kappa shape index (κ2) is 7.58. The van der Waals surface area contributed by atoms with Gasteiger partial charge in [0, 0.05) is 37.4 Å². The van der Waals surface area contributed by atoms with Gasteiger partial charge < -0.3 is 4.74 Å². The molecule has 4 nitrogen and oxygen atoms in total. The molecule has 0 aliphatic carbocycles. The van der Waals surface area contributed by atoms with Crippen LogP contribution in [0.5, 0.6) is 0 Å². The lowest BCUT2D eigenvalue weighted by Gasteiger charge is -2.16. The minimum atomic E-state index is -0.150. The fraction of sp³-hybridized carbons (Fsp3) is 0.400. The van der Waals surface area contributed by atoms with E-state index in [9.17, 15) is 4.79 Å². The van der Waals surface area contributed by atoms with Gasteiger partial charge in [-0.15, -0.1) is 0 Å². The van der Waals surface area contributed by atoms with Crippen LogP contribution in [0.4, 0.5) is 0 Å². The zero-order chi connectivity index (χ0) is 16.9. The number of likely N-dealkylation sites (tertiary alicyclic amines) is 1. The molecular formula is C20H24N2O2. The van der Waals surface area contributed by atoms with E-state index in [1.54, 1.807) is 0 Å². The van der Waals surface area contributed by atoms with Gasteiger partial charge in [-0.25, -0.2) is 0 Å². The van der Waals surface area contributed by atoms with E-state index in [0.717, 1.165) is 18.8 Å². The van der Waals surface area contributed by atoms with Crippen LogP contribution >= 0.6 is 0 Å². The van der Waals surface area contributed by atoms with E-state index in [1.165, 1.54) is 11.1 Å². The van der Waals surface area contributed by atoms with Crippen LogP contribution in [0.15, 0.2) is 48.7 Å². The predicted molar refractivity (Wildman–Crippen MR) is 93.6 cm³/mol. The van der Waals surface area contributed by atoms with Gasteiger partial charge in [-0.1, -0.05) is 30.3 Å². The fourth-order valence-electron chi connectivity index (χ4n) is 3.41. The first kappa shape index (κ1) is 16.7. The molecule has 24 heavy (non-hydrogen) atoms. The lowest BCUT2D eigenvalue weighted by Crippen LogP contribution is -2.25. The number of carbonyl (C=O) groups is 1. The van der Waals surface area contributed by atoms with Crippen molar-refractivity contribution in [3.05, 3.63) is 65.5 Å². The van der Waals surface area contributed by atoms with Crippen molar-refractivity contribution in [2.24, 2.45) is 5.92 Å². The molecule has 1 fully saturated rings. The van der Waals surface area contributed by atoms with Crippen LogP contribution in [-0.2, 0) is 16.1 Å². The molecule has 1 saturated heterocycles. The molecule has 0 bridgehead atoms. The number of hydrogen-bond acceptors (Lipinski definition) is 4. The molecule has 1 aromatic heterocycles. The number of ether oxygens (including phenoxy) is 1. The molecule has 126 valence electrons. The van der Waals surface area contributed by atoms with Crippen LogP contribution in [0.2, 0.25) is 0 Å². The Balaban J connectivity index is 1.80. The van der Waals surface area contributed by atoms with Crippen LogP contribution < -0.4 is 0 Å². The molecule has 0 unspecified atom stereocenters. The molecule has 2 aromatic rings. The van der Waals surface area contributed by atoms with Gasteiger partial charge in [0.1, 0.15) is 0 Å². The van der Waals surface area contributed by atoms with Gasteiger partial charge in [-0.3, -0.25) is 14.7 Å². The summed E-state index contributed by atoms with van der Waals surface area (Å²) in [6, 6.07) is 14.4. The number of rotatable bonds is 5. The molecule has 1 aliphatic heterocycles. The average Bonchev–Trinajstić information content (AvgIpc) is 3.00. The highest BCUT2D eigenvalue weighted by Gasteiger charge is 2.40. The van der Waals surface area contributed by atoms with Gasteiger partial charge in [0.2, 0.25) is 0 Å². The number of carbonyl (C=O) groups excluding carboxylic acids is 1. The number of pyridine rings is 1. The number of esters is 1. The topological polar surface area (TPSA) is 42.4 Å². The Labute approximate surface area is 143 Å². The second-order valence-electron chi connectivity index (χ2n) is 6.40. The smallest absolute Gasteiger partial charge is 0.310 e. The van der Waals surface area contributed by atoms with Gasteiger partial charge in [0.25, 0.3) is 0 Å². The molecule has 3 rings (SSSR count). The molecule has 4 heteroatoms. The van der Waals surface area contributed by atoms with Gasteiger partial charge in [-0.2, -0.15) is 0 Å². The fourth-order valence-corrected chi connectivity index (χ4v) is 3.41. The van der Waals surface area contributed by atoms with E-state index in [1.807, 2.05) is 37.4 Å². The van der Waals surface area contributed by atoms with Crippen LogP contribution in [0, 0.1) is 12.8 Å². The Morgan fingerprint density at radius 3 is 2.75 bits per heavy atom. The van der Waals surface area contributed by atoms with Crippen molar-refractivity contribution >= 4 is 5.97 Å². The Morgan fingerprint density at radius 2 is 2.04 bits per heavy atom. The molecule has 0 saturated carbocycles. The second-order valence-corrected chi connectivity index (χ2v) is 6.40. The number of aromatic nitrogens is 1. The number of aryl methyl sites for hydroxylation is 1. The maximum Gasteiger partial charge on any atom is 0.310 e. The lowest BCUT2D eigenvalue weighted by molar-refractivity contribution is -0.148. The monoisotopic (exact) mass is 324 g/mol. The third-order valence-corrected chi connectivity index (χ3v) is 4.55. The summed E-state index contributed by atoms with van der Waals surface area (Å²) in [5, 5.41) is 0. The molecule has 0 amide bonds. The summed E-state index contributed by atoms with van der Waals surface area (Å²) in [6.45, 7) is 6.72. The Kier molecular flexibility index (Phi) is 5.26. The highest BCUT2D eigenvalue weighted by atomic mass is 16.5. The third kappa shape index (κ3) is 3.82. The van der Waals surface area contributed by atoms with E-state index in [4.69, 9.17) is 4.74 Å². The molecule has 1 aromatic carbocycles. The molecular weight excluding hydrogens is 300 g/mol. The highest BCUT2D eigenvalue weighted by molar-refractivity contribution is 5.74. The zero-order valence-corrected chi connectivity index (χ0v) is 14.3. The molecule has 2 heterocycles. The number of benzene rings is 1.